The van der Waals surface area contributed by atoms with Crippen molar-refractivity contribution in [2.24, 2.45) is 0 Å². The quantitative estimate of drug-likeness (QED) is 0.753. The summed E-state index contributed by atoms with van der Waals surface area (Å²) in [6.07, 6.45) is 8.62. The first-order valence-corrected chi connectivity index (χ1v) is 4.94. The third-order valence-corrected chi connectivity index (χ3v) is 2.35. The first-order valence-electron chi connectivity index (χ1n) is 4.94. The molecule has 4 heteroatoms. The van der Waals surface area contributed by atoms with Crippen LogP contribution in [0.15, 0.2) is 24.5 Å². The minimum Gasteiger partial charge on any atom is -0.480 e. The van der Waals surface area contributed by atoms with Gasteiger partial charge in [0, 0.05) is 18.4 Å². The fourth-order valence-electron chi connectivity index (χ4n) is 1.45. The van der Waals surface area contributed by atoms with Gasteiger partial charge in [-0.25, -0.2) is 0 Å². The first kappa shape index (κ1) is 12.2. The van der Waals surface area contributed by atoms with Crippen LogP contribution >= 0.6 is 0 Å². The summed E-state index contributed by atoms with van der Waals surface area (Å²) >= 11 is 0. The molecular weight excluding hydrogens is 204 g/mol. The van der Waals surface area contributed by atoms with Gasteiger partial charge in [-0.3, -0.25) is 14.7 Å². The van der Waals surface area contributed by atoms with Gasteiger partial charge in [0.05, 0.1) is 13.1 Å². The van der Waals surface area contributed by atoms with Gasteiger partial charge >= 0.3 is 5.97 Å². The van der Waals surface area contributed by atoms with Crippen molar-refractivity contribution in [1.82, 2.24) is 9.88 Å². The number of pyridine rings is 1. The molecule has 16 heavy (non-hydrogen) atoms. The van der Waals surface area contributed by atoms with Crippen LogP contribution < -0.4 is 0 Å². The third-order valence-electron chi connectivity index (χ3n) is 2.35. The Bertz CT molecular complexity index is 384. The Morgan fingerprint density at radius 2 is 2.50 bits per heavy atom. The number of carboxylic acid groups (broad SMARTS) is 1. The lowest BCUT2D eigenvalue weighted by atomic mass is 10.1. The Labute approximate surface area is 94.9 Å². The number of aliphatic carboxylic acids is 1. The van der Waals surface area contributed by atoms with Crippen molar-refractivity contribution in [1.29, 1.82) is 0 Å². The zero-order chi connectivity index (χ0) is 12.0. The molecule has 0 radical (unpaired) electrons. The lowest BCUT2D eigenvalue weighted by molar-refractivity contribution is -0.138. The number of rotatable bonds is 5. The van der Waals surface area contributed by atoms with Gasteiger partial charge in [0.15, 0.2) is 0 Å². The van der Waals surface area contributed by atoms with Crippen molar-refractivity contribution in [2.45, 2.75) is 13.0 Å². The maximum Gasteiger partial charge on any atom is 0.317 e. The van der Waals surface area contributed by atoms with Crippen LogP contribution in [0.4, 0.5) is 0 Å². The molecule has 0 bridgehead atoms. The molecule has 0 spiro atoms. The van der Waals surface area contributed by atoms with Gasteiger partial charge in [-0.1, -0.05) is 12.0 Å². The van der Waals surface area contributed by atoms with Gasteiger partial charge in [-0.15, -0.1) is 6.42 Å². The number of aromatic nitrogens is 1. The molecule has 1 aromatic rings. The predicted molar refractivity (Wildman–Crippen MR) is 60.7 cm³/mol. The fourth-order valence-corrected chi connectivity index (χ4v) is 1.45. The summed E-state index contributed by atoms with van der Waals surface area (Å²) in [5, 5.41) is 8.78. The maximum absolute atomic E-state index is 10.7. The summed E-state index contributed by atoms with van der Waals surface area (Å²) in [4.78, 5) is 16.4. The highest BCUT2D eigenvalue weighted by atomic mass is 16.4. The molecule has 1 unspecified atom stereocenters. The molecule has 0 saturated carbocycles. The molecule has 0 aromatic carbocycles. The molecule has 0 aliphatic rings. The molecule has 1 atom stereocenters. The average Bonchev–Trinajstić information content (AvgIpc) is 2.28. The molecule has 0 saturated heterocycles. The van der Waals surface area contributed by atoms with Crippen molar-refractivity contribution in [3.05, 3.63) is 30.1 Å². The number of carboxylic acids is 1. The standard InChI is InChI=1S/C12H14N2O2/c1-3-7-14(9-12(15)16)10(2)11-5-4-6-13-8-11/h1,4-6,8,10H,7,9H2,2H3,(H,15,16). The van der Waals surface area contributed by atoms with Crippen LogP contribution in [-0.2, 0) is 4.79 Å². The predicted octanol–water partition coefficient (Wildman–Crippen LogP) is 1.16. The minimum absolute atomic E-state index is 0.0548. The normalized spacial score (nSPS) is 12.1. The molecule has 1 heterocycles. The highest BCUT2D eigenvalue weighted by molar-refractivity contribution is 5.69. The molecule has 0 aliphatic heterocycles. The van der Waals surface area contributed by atoms with E-state index in [0.29, 0.717) is 6.54 Å². The van der Waals surface area contributed by atoms with E-state index >= 15 is 0 Å². The molecule has 0 amide bonds. The van der Waals surface area contributed by atoms with E-state index in [1.54, 1.807) is 17.3 Å². The molecule has 4 nitrogen and oxygen atoms in total. The van der Waals surface area contributed by atoms with Crippen molar-refractivity contribution in [3.8, 4) is 12.3 Å². The highest BCUT2D eigenvalue weighted by Gasteiger charge is 2.17. The number of hydrogen-bond acceptors (Lipinski definition) is 3. The van der Waals surface area contributed by atoms with Crippen molar-refractivity contribution >= 4 is 5.97 Å². The number of nitrogens with zero attached hydrogens (tertiary/aromatic N) is 2. The van der Waals surface area contributed by atoms with Gasteiger partial charge in [0.2, 0.25) is 0 Å². The minimum atomic E-state index is -0.883. The second kappa shape index (κ2) is 5.89. The van der Waals surface area contributed by atoms with Gasteiger partial charge in [-0.05, 0) is 18.6 Å². The molecule has 0 fully saturated rings. The van der Waals surface area contributed by atoms with Gasteiger partial charge in [0.1, 0.15) is 0 Å². The highest BCUT2D eigenvalue weighted by Crippen LogP contribution is 2.17. The Kier molecular flexibility index (Phi) is 4.49. The van der Waals surface area contributed by atoms with Crippen molar-refractivity contribution in [3.63, 3.8) is 0 Å². The number of hydrogen-bond donors (Lipinski definition) is 1. The second-order valence-corrected chi connectivity index (χ2v) is 3.47. The van der Waals surface area contributed by atoms with Gasteiger partial charge < -0.3 is 5.11 Å². The second-order valence-electron chi connectivity index (χ2n) is 3.47. The third kappa shape index (κ3) is 3.37. The Balaban J connectivity index is 2.79. The topological polar surface area (TPSA) is 53.4 Å². The fraction of sp³-hybridized carbons (Fsp3) is 0.333. The van der Waals surface area contributed by atoms with E-state index in [1.807, 2.05) is 19.1 Å². The largest absolute Gasteiger partial charge is 0.480 e. The van der Waals surface area contributed by atoms with E-state index < -0.39 is 5.97 Å². The van der Waals surface area contributed by atoms with Crippen molar-refractivity contribution < 1.29 is 9.90 Å². The zero-order valence-electron chi connectivity index (χ0n) is 9.13. The van der Waals surface area contributed by atoms with E-state index in [2.05, 4.69) is 10.9 Å². The molecular formula is C12H14N2O2. The summed E-state index contributed by atoms with van der Waals surface area (Å²) < 4.78 is 0. The van der Waals surface area contributed by atoms with Crippen LogP contribution in [0.2, 0.25) is 0 Å². The summed E-state index contributed by atoms with van der Waals surface area (Å²) in [7, 11) is 0. The summed E-state index contributed by atoms with van der Waals surface area (Å²) in [5.41, 5.74) is 0.957. The summed E-state index contributed by atoms with van der Waals surface area (Å²) in [6, 6.07) is 3.67. The van der Waals surface area contributed by atoms with E-state index in [4.69, 9.17) is 11.5 Å². The Morgan fingerprint density at radius 3 is 3.00 bits per heavy atom. The molecule has 84 valence electrons. The van der Waals surface area contributed by atoms with Crippen LogP contribution in [0.25, 0.3) is 0 Å². The van der Waals surface area contributed by atoms with Gasteiger partial charge in [0.25, 0.3) is 0 Å². The molecule has 1 aromatic heterocycles. The van der Waals surface area contributed by atoms with E-state index in [9.17, 15) is 4.79 Å². The molecule has 1 N–H and O–H groups in total. The monoisotopic (exact) mass is 218 g/mol. The first-order chi connectivity index (χ1) is 7.65. The van der Waals surface area contributed by atoms with Gasteiger partial charge in [-0.2, -0.15) is 0 Å². The number of carbonyl (C=O) groups is 1. The smallest absolute Gasteiger partial charge is 0.317 e. The van der Waals surface area contributed by atoms with E-state index in [0.717, 1.165) is 5.56 Å². The SMILES string of the molecule is C#CCN(CC(=O)O)C(C)c1cccnc1. The van der Waals surface area contributed by atoms with E-state index in [1.165, 1.54) is 0 Å². The molecule has 1 rings (SSSR count). The Hall–Kier alpha value is -1.86. The summed E-state index contributed by atoms with van der Waals surface area (Å²) in [6.45, 7) is 2.15. The van der Waals surface area contributed by atoms with E-state index in [-0.39, 0.29) is 12.6 Å². The average molecular weight is 218 g/mol. The number of terminal acetylenes is 1. The Morgan fingerprint density at radius 1 is 1.75 bits per heavy atom. The van der Waals surface area contributed by atoms with Crippen LogP contribution in [0.1, 0.15) is 18.5 Å². The van der Waals surface area contributed by atoms with Crippen molar-refractivity contribution in [2.75, 3.05) is 13.1 Å². The lowest BCUT2D eigenvalue weighted by Crippen LogP contribution is -2.32. The zero-order valence-corrected chi connectivity index (χ0v) is 9.13. The molecule has 0 aliphatic carbocycles. The maximum atomic E-state index is 10.7. The van der Waals surface area contributed by atoms with Crippen LogP contribution in [0, 0.1) is 12.3 Å². The van der Waals surface area contributed by atoms with Crippen LogP contribution in [0.3, 0.4) is 0 Å². The van der Waals surface area contributed by atoms with Crippen LogP contribution in [0.5, 0.6) is 0 Å². The van der Waals surface area contributed by atoms with Crippen LogP contribution in [-0.4, -0.2) is 34.0 Å². The summed E-state index contributed by atoms with van der Waals surface area (Å²) in [5.74, 6) is 1.58. The lowest BCUT2D eigenvalue weighted by Gasteiger charge is -2.25.